The van der Waals surface area contributed by atoms with Crippen LogP contribution < -0.4 is 5.32 Å². The molecule has 3 rings (SSSR count). The van der Waals surface area contributed by atoms with Crippen LogP contribution in [0.1, 0.15) is 29.4 Å². The summed E-state index contributed by atoms with van der Waals surface area (Å²) in [5.74, 6) is 0.227. The zero-order valence-corrected chi connectivity index (χ0v) is 10.3. The van der Waals surface area contributed by atoms with Crippen LogP contribution in [0, 0.1) is 0 Å². The molecule has 1 aliphatic rings. The molecular weight excluding hydrogens is 252 g/mol. The van der Waals surface area contributed by atoms with Crippen molar-refractivity contribution >= 4 is 23.3 Å². The topological polar surface area (TPSA) is 59.8 Å². The van der Waals surface area contributed by atoms with Gasteiger partial charge in [-0.25, -0.2) is 9.97 Å². The molecule has 92 valence electrons. The number of aromatic nitrogens is 3. The highest BCUT2D eigenvalue weighted by Crippen LogP contribution is 2.36. The average molecular weight is 263 g/mol. The highest BCUT2D eigenvalue weighted by molar-refractivity contribution is 6.29. The molecule has 18 heavy (non-hydrogen) atoms. The Hall–Kier alpha value is -1.88. The van der Waals surface area contributed by atoms with Crippen LogP contribution in [-0.2, 0) is 0 Å². The lowest BCUT2D eigenvalue weighted by atomic mass is 10.4. The number of carbonyl (C=O) groups excluding carboxylic acids is 1. The highest BCUT2D eigenvalue weighted by atomic mass is 35.5. The maximum atomic E-state index is 12.1. The summed E-state index contributed by atoms with van der Waals surface area (Å²) in [7, 11) is 0. The molecule has 1 N–H and O–H groups in total. The van der Waals surface area contributed by atoms with Crippen molar-refractivity contribution in [1.82, 2.24) is 14.5 Å². The zero-order valence-electron chi connectivity index (χ0n) is 9.51. The lowest BCUT2D eigenvalue weighted by molar-refractivity contribution is 0.101. The van der Waals surface area contributed by atoms with Crippen molar-refractivity contribution in [3.8, 4) is 0 Å². The quantitative estimate of drug-likeness (QED) is 0.865. The first-order valence-electron chi connectivity index (χ1n) is 5.70. The summed E-state index contributed by atoms with van der Waals surface area (Å²) in [6.45, 7) is 0. The molecule has 0 spiro atoms. The van der Waals surface area contributed by atoms with E-state index in [1.54, 1.807) is 6.07 Å². The van der Waals surface area contributed by atoms with Crippen LogP contribution in [0.5, 0.6) is 0 Å². The summed E-state index contributed by atoms with van der Waals surface area (Å²) >= 11 is 5.74. The van der Waals surface area contributed by atoms with Gasteiger partial charge in [-0.2, -0.15) is 0 Å². The molecule has 0 aromatic carbocycles. The maximum Gasteiger partial charge on any atom is 0.273 e. The number of carbonyl (C=O) groups is 1. The number of nitrogens with zero attached hydrogens (tertiary/aromatic N) is 3. The van der Waals surface area contributed by atoms with Crippen LogP contribution in [0.15, 0.2) is 30.7 Å². The fourth-order valence-corrected chi connectivity index (χ4v) is 1.99. The molecule has 0 atom stereocenters. The Morgan fingerprint density at radius 2 is 2.28 bits per heavy atom. The molecule has 0 bridgehead atoms. The van der Waals surface area contributed by atoms with Gasteiger partial charge in [-0.15, -0.1) is 0 Å². The smallest absolute Gasteiger partial charge is 0.273 e. The molecule has 1 aliphatic carbocycles. The van der Waals surface area contributed by atoms with Crippen LogP contribution in [0.3, 0.4) is 0 Å². The van der Waals surface area contributed by atoms with Crippen LogP contribution in [0.4, 0.5) is 5.82 Å². The number of hydrogen-bond donors (Lipinski definition) is 1. The summed E-state index contributed by atoms with van der Waals surface area (Å²) in [5, 5.41) is 3.02. The van der Waals surface area contributed by atoms with Crippen molar-refractivity contribution in [1.29, 1.82) is 0 Å². The molecule has 1 fully saturated rings. The second-order valence-corrected chi connectivity index (χ2v) is 4.60. The van der Waals surface area contributed by atoms with E-state index >= 15 is 0 Å². The van der Waals surface area contributed by atoms with E-state index in [2.05, 4.69) is 15.3 Å². The standard InChI is InChI=1S/C12H11ClN4O/c13-10-6-11(15-7-14-10)16-12(18)9-2-1-5-17(9)8-3-4-8/h1-2,5-8H,3-4H2,(H,14,15,16,18). The largest absolute Gasteiger partial charge is 0.340 e. The van der Waals surface area contributed by atoms with E-state index in [4.69, 9.17) is 11.6 Å². The van der Waals surface area contributed by atoms with Gasteiger partial charge in [0.25, 0.3) is 5.91 Å². The van der Waals surface area contributed by atoms with Crippen molar-refractivity contribution in [3.05, 3.63) is 41.6 Å². The van der Waals surface area contributed by atoms with Crippen molar-refractivity contribution in [3.63, 3.8) is 0 Å². The predicted molar refractivity (Wildman–Crippen MR) is 67.7 cm³/mol. The Kier molecular flexibility index (Phi) is 2.76. The van der Waals surface area contributed by atoms with E-state index in [0.717, 1.165) is 12.8 Å². The van der Waals surface area contributed by atoms with Gasteiger partial charge in [0.15, 0.2) is 0 Å². The Morgan fingerprint density at radius 3 is 3.00 bits per heavy atom. The van der Waals surface area contributed by atoms with Crippen molar-refractivity contribution in [2.75, 3.05) is 5.32 Å². The summed E-state index contributed by atoms with van der Waals surface area (Å²) in [5.41, 5.74) is 0.646. The number of amides is 1. The third-order valence-electron chi connectivity index (χ3n) is 2.83. The van der Waals surface area contributed by atoms with Gasteiger partial charge >= 0.3 is 0 Å². The Balaban J connectivity index is 1.80. The molecule has 6 heteroatoms. The second-order valence-electron chi connectivity index (χ2n) is 4.21. The summed E-state index contributed by atoms with van der Waals surface area (Å²) in [4.78, 5) is 19.8. The van der Waals surface area contributed by atoms with Crippen molar-refractivity contribution in [2.45, 2.75) is 18.9 Å². The van der Waals surface area contributed by atoms with Gasteiger partial charge in [0.1, 0.15) is 23.0 Å². The Labute approximate surface area is 109 Å². The van der Waals surface area contributed by atoms with Gasteiger partial charge in [0.2, 0.25) is 0 Å². The van der Waals surface area contributed by atoms with Crippen molar-refractivity contribution in [2.24, 2.45) is 0 Å². The number of rotatable bonds is 3. The Bertz CT molecular complexity index is 591. The van der Waals surface area contributed by atoms with Gasteiger partial charge < -0.3 is 9.88 Å². The minimum Gasteiger partial charge on any atom is -0.340 e. The third-order valence-corrected chi connectivity index (χ3v) is 3.03. The van der Waals surface area contributed by atoms with Crippen LogP contribution in [-0.4, -0.2) is 20.4 Å². The molecule has 0 unspecified atom stereocenters. The number of nitrogens with one attached hydrogen (secondary N) is 1. The van der Waals surface area contributed by atoms with Crippen LogP contribution >= 0.6 is 11.6 Å². The van der Waals surface area contributed by atoms with E-state index in [-0.39, 0.29) is 5.91 Å². The molecule has 5 nitrogen and oxygen atoms in total. The molecule has 1 amide bonds. The molecule has 1 saturated carbocycles. The van der Waals surface area contributed by atoms with E-state index in [1.165, 1.54) is 12.4 Å². The van der Waals surface area contributed by atoms with Gasteiger partial charge in [-0.3, -0.25) is 4.79 Å². The van der Waals surface area contributed by atoms with Gasteiger partial charge in [-0.1, -0.05) is 11.6 Å². The SMILES string of the molecule is O=C(Nc1cc(Cl)ncn1)c1cccn1C1CC1. The molecule has 0 radical (unpaired) electrons. The van der Waals surface area contributed by atoms with Gasteiger partial charge in [-0.05, 0) is 25.0 Å². The summed E-state index contributed by atoms with van der Waals surface area (Å²) < 4.78 is 2.00. The second kappa shape index (κ2) is 4.42. The average Bonchev–Trinajstić information content (AvgIpc) is 3.06. The molecule has 2 aromatic heterocycles. The van der Waals surface area contributed by atoms with Gasteiger partial charge in [0, 0.05) is 18.3 Å². The first-order chi connectivity index (χ1) is 8.74. The number of halogens is 1. The molecule has 2 heterocycles. The predicted octanol–water partition coefficient (Wildman–Crippen LogP) is 2.52. The monoisotopic (exact) mass is 262 g/mol. The fraction of sp³-hybridized carbons (Fsp3) is 0.250. The third kappa shape index (κ3) is 2.22. The number of anilines is 1. The van der Waals surface area contributed by atoms with E-state index < -0.39 is 0 Å². The first kappa shape index (κ1) is 11.2. The van der Waals surface area contributed by atoms with E-state index in [0.29, 0.717) is 22.7 Å². The molecule has 2 aromatic rings. The number of hydrogen-bond acceptors (Lipinski definition) is 3. The lowest BCUT2D eigenvalue weighted by Gasteiger charge is -2.08. The highest BCUT2D eigenvalue weighted by Gasteiger charge is 2.26. The Morgan fingerprint density at radius 1 is 1.44 bits per heavy atom. The van der Waals surface area contributed by atoms with Gasteiger partial charge in [0.05, 0.1) is 0 Å². The minimum atomic E-state index is -0.179. The molecule has 0 saturated heterocycles. The molecule has 0 aliphatic heterocycles. The van der Waals surface area contributed by atoms with Crippen LogP contribution in [0.2, 0.25) is 5.15 Å². The molecular formula is C12H11ClN4O. The maximum absolute atomic E-state index is 12.1. The summed E-state index contributed by atoms with van der Waals surface area (Å²) in [6.07, 6.45) is 5.51. The normalized spacial score (nSPS) is 14.5. The first-order valence-corrected chi connectivity index (χ1v) is 6.07. The van der Waals surface area contributed by atoms with E-state index in [9.17, 15) is 4.79 Å². The fourth-order valence-electron chi connectivity index (χ4n) is 1.84. The van der Waals surface area contributed by atoms with E-state index in [1.807, 2.05) is 16.8 Å². The lowest BCUT2D eigenvalue weighted by Crippen LogP contribution is -2.17. The summed E-state index contributed by atoms with van der Waals surface area (Å²) in [6, 6.07) is 5.66. The zero-order chi connectivity index (χ0) is 12.5. The van der Waals surface area contributed by atoms with Crippen molar-refractivity contribution < 1.29 is 4.79 Å². The van der Waals surface area contributed by atoms with Crippen LogP contribution in [0.25, 0.3) is 0 Å². The minimum absolute atomic E-state index is 0.179.